The van der Waals surface area contributed by atoms with Gasteiger partial charge in [-0.3, -0.25) is 16.3 Å². The molecule has 2 nitrogen and oxygen atoms in total. The number of thiophene rings is 1. The summed E-state index contributed by atoms with van der Waals surface area (Å²) in [7, 11) is 0. The molecule has 0 atom stereocenters. The topological polar surface area (TPSA) is 17.8 Å². The molecule has 6 rings (SSSR count). The van der Waals surface area contributed by atoms with E-state index in [0.29, 0.717) is 17.8 Å². The Kier molecular flexibility index (Phi) is 8.15. The van der Waals surface area contributed by atoms with Gasteiger partial charge >= 0.3 is 0 Å². The van der Waals surface area contributed by atoms with E-state index in [0.717, 1.165) is 22.4 Å². The monoisotopic (exact) mass is 720 g/mol. The molecular formula is C36H35IrN2S-. The zero-order valence-electron chi connectivity index (χ0n) is 24.0. The van der Waals surface area contributed by atoms with Crippen LogP contribution in [0.15, 0.2) is 84.9 Å². The molecule has 0 spiro atoms. The van der Waals surface area contributed by atoms with E-state index in [-0.39, 0.29) is 20.1 Å². The van der Waals surface area contributed by atoms with Crippen LogP contribution < -0.4 is 0 Å². The molecule has 0 N–H and O–H groups in total. The van der Waals surface area contributed by atoms with E-state index in [4.69, 9.17) is 4.98 Å². The van der Waals surface area contributed by atoms with Crippen LogP contribution in [-0.2, 0) is 20.1 Å². The van der Waals surface area contributed by atoms with Crippen LogP contribution >= 0.6 is 11.3 Å². The molecule has 0 aliphatic heterocycles. The van der Waals surface area contributed by atoms with E-state index in [1.165, 1.54) is 43.6 Å². The van der Waals surface area contributed by atoms with Crippen LogP contribution in [-0.4, -0.2) is 9.55 Å². The van der Waals surface area contributed by atoms with Crippen molar-refractivity contribution in [3.05, 3.63) is 107 Å². The first-order chi connectivity index (χ1) is 18.8. The number of rotatable bonds is 6. The molecule has 0 aliphatic rings. The van der Waals surface area contributed by atoms with Crippen LogP contribution in [0, 0.1) is 5.38 Å². The van der Waals surface area contributed by atoms with Crippen LogP contribution in [0.4, 0.5) is 0 Å². The molecular weight excluding hydrogens is 685 g/mol. The first-order valence-electron chi connectivity index (χ1n) is 14.0. The Hall–Kier alpha value is -3.04. The van der Waals surface area contributed by atoms with Gasteiger partial charge in [-0.2, -0.15) is 0 Å². The number of imidazole rings is 1. The van der Waals surface area contributed by atoms with Crippen molar-refractivity contribution in [1.29, 1.82) is 0 Å². The molecule has 205 valence electrons. The SMILES string of the molecule is CC(C)c1ccc2c(-c3nc4ccccc4n3-c3c(C(C)C)cc(-c4ccccc4)cc3C(C)C)[c-]sc2c1.[Ir]. The van der Waals surface area contributed by atoms with Crippen LogP contribution in [0.2, 0.25) is 0 Å². The normalized spacial score (nSPS) is 11.7. The van der Waals surface area contributed by atoms with Crippen molar-refractivity contribution in [3.63, 3.8) is 0 Å². The molecule has 0 unspecified atom stereocenters. The fraction of sp³-hybridized carbons (Fsp3) is 0.250. The van der Waals surface area contributed by atoms with Gasteiger partial charge in [-0.15, -0.1) is 11.5 Å². The second-order valence-electron chi connectivity index (χ2n) is 11.4. The van der Waals surface area contributed by atoms with Crippen LogP contribution in [0.25, 0.3) is 49.3 Å². The molecule has 0 saturated carbocycles. The molecule has 0 bridgehead atoms. The maximum absolute atomic E-state index is 5.26. The largest absolute Gasteiger partial charge is 0.333 e. The summed E-state index contributed by atoms with van der Waals surface area (Å²) in [5.41, 5.74) is 11.0. The standard InChI is InChI=1S/C36H35N2S.Ir/c1-22(2)26-16-17-28-31(21-39-34(28)20-26)36-37-32-14-10-11-15-33(32)38(36)35-29(23(3)4)18-27(19-30(35)24(5)6)25-12-8-7-9-13-25;/h7-20,22-24H,1-6H3;/q-1;. The Balaban J connectivity index is 0.00000323. The summed E-state index contributed by atoms with van der Waals surface area (Å²) >= 11 is 1.70. The van der Waals surface area contributed by atoms with E-state index in [1.54, 1.807) is 11.3 Å². The molecule has 0 saturated heterocycles. The van der Waals surface area contributed by atoms with Gasteiger partial charge in [0.1, 0.15) is 0 Å². The van der Waals surface area contributed by atoms with Crippen molar-refractivity contribution in [3.8, 4) is 28.2 Å². The smallest absolute Gasteiger partial charge is 0.0774 e. The molecule has 2 heterocycles. The second-order valence-corrected chi connectivity index (χ2v) is 12.3. The molecule has 0 aliphatic carbocycles. The molecule has 0 fully saturated rings. The van der Waals surface area contributed by atoms with Crippen molar-refractivity contribution < 1.29 is 20.1 Å². The number of nitrogens with zero attached hydrogens (tertiary/aromatic N) is 2. The third-order valence-corrected chi connectivity index (χ3v) is 8.60. The average molecular weight is 720 g/mol. The third kappa shape index (κ3) is 4.98. The maximum atomic E-state index is 5.26. The summed E-state index contributed by atoms with van der Waals surface area (Å²) in [6.45, 7) is 13.7. The maximum Gasteiger partial charge on any atom is 0.0774 e. The summed E-state index contributed by atoms with van der Waals surface area (Å²) in [5, 5.41) is 4.88. The van der Waals surface area contributed by atoms with Gasteiger partial charge in [0.25, 0.3) is 0 Å². The Bertz CT molecular complexity index is 1760. The summed E-state index contributed by atoms with van der Waals surface area (Å²) in [6, 6.07) is 30.9. The fourth-order valence-corrected chi connectivity index (χ4v) is 6.44. The Morgan fingerprint density at radius 2 is 1.35 bits per heavy atom. The number of benzene rings is 4. The summed E-state index contributed by atoms with van der Waals surface area (Å²) in [6.07, 6.45) is 0. The number of para-hydroxylation sites is 2. The van der Waals surface area contributed by atoms with Gasteiger partial charge in [0.2, 0.25) is 0 Å². The van der Waals surface area contributed by atoms with E-state index in [1.807, 2.05) is 0 Å². The molecule has 4 heteroatoms. The van der Waals surface area contributed by atoms with E-state index < -0.39 is 0 Å². The summed E-state index contributed by atoms with van der Waals surface area (Å²) < 4.78 is 3.69. The van der Waals surface area contributed by atoms with Crippen molar-refractivity contribution in [2.45, 2.75) is 59.3 Å². The summed E-state index contributed by atoms with van der Waals surface area (Å²) in [5.74, 6) is 2.14. The van der Waals surface area contributed by atoms with Crippen molar-refractivity contribution in [2.75, 3.05) is 0 Å². The Morgan fingerprint density at radius 3 is 2.00 bits per heavy atom. The Morgan fingerprint density at radius 1 is 0.700 bits per heavy atom. The number of fused-ring (bicyclic) bond motifs is 2. The van der Waals surface area contributed by atoms with E-state index in [2.05, 4.69) is 136 Å². The van der Waals surface area contributed by atoms with Gasteiger partial charge in [-0.25, -0.2) is 0 Å². The van der Waals surface area contributed by atoms with Crippen molar-refractivity contribution >= 4 is 32.5 Å². The van der Waals surface area contributed by atoms with Crippen LogP contribution in [0.5, 0.6) is 0 Å². The van der Waals surface area contributed by atoms with E-state index in [9.17, 15) is 0 Å². The zero-order chi connectivity index (χ0) is 27.3. The molecule has 6 aromatic rings. The van der Waals surface area contributed by atoms with Gasteiger partial charge in [0, 0.05) is 25.8 Å². The van der Waals surface area contributed by atoms with Gasteiger partial charge in [0.05, 0.1) is 16.9 Å². The van der Waals surface area contributed by atoms with Crippen molar-refractivity contribution in [2.24, 2.45) is 0 Å². The van der Waals surface area contributed by atoms with E-state index >= 15 is 0 Å². The van der Waals surface area contributed by atoms with Crippen LogP contribution in [0.1, 0.15) is 76.0 Å². The first-order valence-corrected chi connectivity index (χ1v) is 14.8. The number of hydrogen-bond donors (Lipinski definition) is 0. The number of aromatic nitrogens is 2. The Labute approximate surface area is 255 Å². The van der Waals surface area contributed by atoms with Gasteiger partial charge in [0.15, 0.2) is 0 Å². The molecule has 2 aromatic heterocycles. The number of hydrogen-bond acceptors (Lipinski definition) is 2. The van der Waals surface area contributed by atoms with Gasteiger partial charge < -0.3 is 4.57 Å². The first kappa shape index (κ1) is 28.5. The fourth-order valence-electron chi connectivity index (χ4n) is 5.55. The average Bonchev–Trinajstić information content (AvgIpc) is 3.53. The minimum atomic E-state index is 0. The van der Waals surface area contributed by atoms with Gasteiger partial charge in [-0.05, 0) is 64.3 Å². The van der Waals surface area contributed by atoms with Crippen LogP contribution in [0.3, 0.4) is 0 Å². The summed E-state index contributed by atoms with van der Waals surface area (Å²) in [4.78, 5) is 5.26. The van der Waals surface area contributed by atoms with Gasteiger partial charge in [-0.1, -0.05) is 117 Å². The zero-order valence-corrected chi connectivity index (χ0v) is 27.2. The molecule has 1 radical (unpaired) electrons. The molecule has 0 amide bonds. The molecule has 4 aromatic carbocycles. The minimum Gasteiger partial charge on any atom is -0.333 e. The predicted molar refractivity (Wildman–Crippen MR) is 168 cm³/mol. The molecule has 40 heavy (non-hydrogen) atoms. The quantitative estimate of drug-likeness (QED) is 0.157. The second kappa shape index (κ2) is 11.4. The third-order valence-electron chi connectivity index (χ3n) is 7.73. The van der Waals surface area contributed by atoms with Crippen molar-refractivity contribution in [1.82, 2.24) is 9.55 Å². The predicted octanol–water partition coefficient (Wildman–Crippen LogP) is 10.7. The minimum absolute atomic E-state index is 0.